The first kappa shape index (κ1) is 16.9. The zero-order valence-corrected chi connectivity index (χ0v) is 13.6. The topological polar surface area (TPSA) is 54.5 Å². The molecule has 0 N–H and O–H groups in total. The van der Waals surface area contributed by atoms with Crippen LogP contribution in [0.25, 0.3) is 0 Å². The zero-order chi connectivity index (χ0) is 16.7. The maximum Gasteiger partial charge on any atom is 0.245 e. The van der Waals surface area contributed by atoms with Gasteiger partial charge >= 0.3 is 0 Å². The highest BCUT2D eigenvalue weighted by Crippen LogP contribution is 2.31. The monoisotopic (exact) mass is 331 g/mol. The van der Waals surface area contributed by atoms with Crippen LogP contribution < -0.4 is 4.90 Å². The highest BCUT2D eigenvalue weighted by Gasteiger charge is 2.36. The number of anilines is 1. The van der Waals surface area contributed by atoms with E-state index >= 15 is 0 Å². The summed E-state index contributed by atoms with van der Waals surface area (Å²) >= 11 is 0. The smallest absolute Gasteiger partial charge is 0.245 e. The Balaban J connectivity index is 2.42. The maximum absolute atomic E-state index is 13.8. The van der Waals surface area contributed by atoms with Gasteiger partial charge in [-0.1, -0.05) is 0 Å². The molecule has 1 atom stereocenters. The number of carbonyl (C=O) groups excluding carboxylic acids is 1. The van der Waals surface area contributed by atoms with E-state index in [2.05, 4.69) is 0 Å². The molecule has 22 heavy (non-hydrogen) atoms. The predicted octanol–water partition coefficient (Wildman–Crippen LogP) is 2.46. The highest BCUT2D eigenvalue weighted by atomic mass is 32.2. The predicted molar refractivity (Wildman–Crippen MR) is 80.5 cm³/mol. The molecule has 4 nitrogen and oxygen atoms in total. The van der Waals surface area contributed by atoms with E-state index in [1.54, 1.807) is 0 Å². The fraction of sp³-hybridized carbons (Fsp3) is 0.533. The second-order valence-corrected chi connectivity index (χ2v) is 8.59. The fourth-order valence-corrected chi connectivity index (χ4v) is 3.83. The van der Waals surface area contributed by atoms with E-state index in [9.17, 15) is 22.0 Å². The SMILES string of the molecule is CC(C)S(=O)(=O)[C@@H](C)C(=O)N1CCCc2c(F)cc(F)cc21. The van der Waals surface area contributed by atoms with E-state index in [0.717, 1.165) is 12.1 Å². The molecule has 1 aromatic carbocycles. The molecule has 0 fully saturated rings. The van der Waals surface area contributed by atoms with Crippen molar-refractivity contribution in [3.05, 3.63) is 29.3 Å². The van der Waals surface area contributed by atoms with E-state index in [4.69, 9.17) is 0 Å². The number of carbonyl (C=O) groups is 1. The van der Waals surface area contributed by atoms with Gasteiger partial charge in [-0.2, -0.15) is 0 Å². The number of rotatable bonds is 3. The lowest BCUT2D eigenvalue weighted by Gasteiger charge is -2.32. The van der Waals surface area contributed by atoms with E-state index in [-0.39, 0.29) is 17.8 Å². The van der Waals surface area contributed by atoms with Gasteiger partial charge in [-0.15, -0.1) is 0 Å². The van der Waals surface area contributed by atoms with E-state index < -0.39 is 37.9 Å². The van der Waals surface area contributed by atoms with Crippen LogP contribution in [0.5, 0.6) is 0 Å². The van der Waals surface area contributed by atoms with Crippen LogP contribution in [0.3, 0.4) is 0 Å². The van der Waals surface area contributed by atoms with E-state index in [0.29, 0.717) is 12.8 Å². The van der Waals surface area contributed by atoms with Crippen molar-refractivity contribution in [2.45, 2.75) is 44.1 Å². The molecular formula is C15H19F2NO3S. The van der Waals surface area contributed by atoms with Gasteiger partial charge in [0.15, 0.2) is 9.84 Å². The minimum atomic E-state index is -3.63. The molecule has 122 valence electrons. The molecule has 0 aliphatic carbocycles. The summed E-state index contributed by atoms with van der Waals surface area (Å²) in [7, 11) is -3.63. The maximum atomic E-state index is 13.8. The van der Waals surface area contributed by atoms with Gasteiger partial charge in [-0.25, -0.2) is 17.2 Å². The average Bonchev–Trinajstić information content (AvgIpc) is 2.44. The molecule has 0 bridgehead atoms. The van der Waals surface area contributed by atoms with Crippen LogP contribution in [0, 0.1) is 11.6 Å². The summed E-state index contributed by atoms with van der Waals surface area (Å²) in [6, 6.07) is 1.87. The van der Waals surface area contributed by atoms with Gasteiger partial charge in [-0.05, 0) is 39.7 Å². The second-order valence-electron chi connectivity index (χ2n) is 5.76. The molecule has 0 aromatic heterocycles. The Kier molecular flexibility index (Phi) is 4.56. The third-order valence-electron chi connectivity index (χ3n) is 4.00. The molecule has 0 saturated heterocycles. The number of amides is 1. The van der Waals surface area contributed by atoms with Crippen molar-refractivity contribution >= 4 is 21.4 Å². The molecular weight excluding hydrogens is 312 g/mol. The Morgan fingerprint density at radius 1 is 1.23 bits per heavy atom. The van der Waals surface area contributed by atoms with Crippen LogP contribution in [0.15, 0.2) is 12.1 Å². The Morgan fingerprint density at radius 2 is 1.86 bits per heavy atom. The van der Waals surface area contributed by atoms with Crippen molar-refractivity contribution in [2.75, 3.05) is 11.4 Å². The largest absolute Gasteiger partial charge is 0.311 e. The summed E-state index contributed by atoms with van der Waals surface area (Å²) in [5, 5.41) is -1.94. The molecule has 1 heterocycles. The fourth-order valence-electron chi connectivity index (χ4n) is 2.61. The van der Waals surface area contributed by atoms with Gasteiger partial charge < -0.3 is 4.90 Å². The number of fused-ring (bicyclic) bond motifs is 1. The third kappa shape index (κ3) is 2.86. The molecule has 0 unspecified atom stereocenters. The Morgan fingerprint density at radius 3 is 2.45 bits per heavy atom. The minimum Gasteiger partial charge on any atom is -0.311 e. The lowest BCUT2D eigenvalue weighted by atomic mass is 10.0. The lowest BCUT2D eigenvalue weighted by Crippen LogP contribution is -2.46. The second kappa shape index (κ2) is 5.95. The van der Waals surface area contributed by atoms with Gasteiger partial charge in [0.2, 0.25) is 5.91 Å². The van der Waals surface area contributed by atoms with Crippen molar-refractivity contribution in [1.82, 2.24) is 0 Å². The number of hydrogen-bond acceptors (Lipinski definition) is 3. The molecule has 1 amide bonds. The Hall–Kier alpha value is -1.50. The van der Waals surface area contributed by atoms with Crippen LogP contribution in [0.1, 0.15) is 32.8 Å². The van der Waals surface area contributed by atoms with Crippen molar-refractivity contribution in [1.29, 1.82) is 0 Å². The standard InChI is InChI=1S/C15H19F2NO3S/c1-9(2)22(20,21)10(3)15(19)18-6-4-5-12-13(17)7-11(16)8-14(12)18/h7-10H,4-6H2,1-3H3/t10-/m0/s1. The molecule has 1 aromatic rings. The van der Waals surface area contributed by atoms with E-state index in [1.165, 1.54) is 25.7 Å². The van der Waals surface area contributed by atoms with E-state index in [1.807, 2.05) is 0 Å². The number of nitrogens with zero attached hydrogens (tertiary/aromatic N) is 1. The molecule has 0 spiro atoms. The molecule has 7 heteroatoms. The van der Waals surface area contributed by atoms with Gasteiger partial charge in [0.25, 0.3) is 0 Å². The van der Waals surface area contributed by atoms with Crippen molar-refractivity contribution < 1.29 is 22.0 Å². The number of hydrogen-bond donors (Lipinski definition) is 0. The minimum absolute atomic E-state index is 0.138. The van der Waals surface area contributed by atoms with Gasteiger partial charge in [0, 0.05) is 18.2 Å². The average molecular weight is 331 g/mol. The molecule has 1 aliphatic rings. The first-order chi connectivity index (χ1) is 10.2. The summed E-state index contributed by atoms with van der Waals surface area (Å²) in [6.07, 6.45) is 0.909. The first-order valence-corrected chi connectivity index (χ1v) is 8.79. The van der Waals surface area contributed by atoms with Gasteiger partial charge in [0.05, 0.1) is 10.9 Å². The summed E-state index contributed by atoms with van der Waals surface area (Å²) in [5.74, 6) is -2.12. The normalized spacial score (nSPS) is 16.5. The first-order valence-electron chi connectivity index (χ1n) is 7.18. The number of sulfone groups is 1. The molecule has 1 aliphatic heterocycles. The summed E-state index contributed by atoms with van der Waals surface area (Å²) in [5.41, 5.74) is 0.398. The Labute approximate surface area is 129 Å². The molecule has 2 rings (SSSR count). The van der Waals surface area contributed by atoms with Gasteiger partial charge in [-0.3, -0.25) is 4.79 Å². The van der Waals surface area contributed by atoms with Crippen LogP contribution in [0.4, 0.5) is 14.5 Å². The van der Waals surface area contributed by atoms with Crippen LogP contribution >= 0.6 is 0 Å². The molecule has 0 saturated carbocycles. The number of halogens is 2. The quantitative estimate of drug-likeness (QED) is 0.855. The summed E-state index contributed by atoms with van der Waals surface area (Å²) < 4.78 is 51.6. The van der Waals surface area contributed by atoms with Crippen molar-refractivity contribution in [2.24, 2.45) is 0 Å². The number of benzene rings is 1. The lowest BCUT2D eigenvalue weighted by molar-refractivity contribution is -0.118. The van der Waals surface area contributed by atoms with Crippen LogP contribution in [-0.4, -0.2) is 31.4 Å². The summed E-state index contributed by atoms with van der Waals surface area (Å²) in [6.45, 7) is 4.58. The molecule has 0 radical (unpaired) electrons. The Bertz CT molecular complexity index is 701. The summed E-state index contributed by atoms with van der Waals surface area (Å²) in [4.78, 5) is 13.7. The van der Waals surface area contributed by atoms with Crippen molar-refractivity contribution in [3.8, 4) is 0 Å². The zero-order valence-electron chi connectivity index (χ0n) is 12.8. The van der Waals surface area contributed by atoms with Crippen molar-refractivity contribution in [3.63, 3.8) is 0 Å². The highest BCUT2D eigenvalue weighted by molar-refractivity contribution is 7.93. The van der Waals surface area contributed by atoms with Crippen LogP contribution in [0.2, 0.25) is 0 Å². The third-order valence-corrected chi connectivity index (χ3v) is 6.50. The van der Waals surface area contributed by atoms with Gasteiger partial charge in [0.1, 0.15) is 16.9 Å². The van der Waals surface area contributed by atoms with Crippen LogP contribution in [-0.2, 0) is 21.1 Å².